The van der Waals surface area contributed by atoms with Gasteiger partial charge in [0.2, 0.25) is 0 Å². The van der Waals surface area contributed by atoms with E-state index in [9.17, 15) is 9.50 Å². The Morgan fingerprint density at radius 1 is 1.18 bits per heavy atom. The number of aromatic hydroxyl groups is 1. The monoisotopic (exact) mass is 322 g/mol. The maximum absolute atomic E-state index is 14.6. The molecule has 0 amide bonds. The summed E-state index contributed by atoms with van der Waals surface area (Å²) in [4.78, 5) is 0. The molecular formula is C18H20ClFO2. The third-order valence-corrected chi connectivity index (χ3v) is 3.88. The van der Waals surface area contributed by atoms with Gasteiger partial charge < -0.3 is 9.84 Å². The fraction of sp³-hybridized carbons (Fsp3) is 0.333. The minimum Gasteiger partial charge on any atom is -0.508 e. The first kappa shape index (κ1) is 16.6. The van der Waals surface area contributed by atoms with Crippen LogP contribution in [0.5, 0.6) is 11.5 Å². The van der Waals surface area contributed by atoms with Gasteiger partial charge in [0, 0.05) is 17.0 Å². The van der Waals surface area contributed by atoms with E-state index in [1.807, 2.05) is 32.9 Å². The molecule has 2 aromatic rings. The maximum atomic E-state index is 14.6. The molecule has 0 aromatic heterocycles. The Morgan fingerprint density at radius 2 is 1.86 bits per heavy atom. The zero-order valence-corrected chi connectivity index (χ0v) is 13.7. The van der Waals surface area contributed by atoms with E-state index >= 15 is 0 Å². The Morgan fingerprint density at radius 3 is 2.45 bits per heavy atom. The highest BCUT2D eigenvalue weighted by molar-refractivity contribution is 6.31. The molecule has 2 aromatic carbocycles. The van der Waals surface area contributed by atoms with E-state index < -0.39 is 0 Å². The maximum Gasteiger partial charge on any atom is 0.133 e. The number of phenolic OH excluding ortho intramolecular Hbond substituents is 1. The quantitative estimate of drug-likeness (QED) is 0.809. The van der Waals surface area contributed by atoms with Crippen LogP contribution in [0.2, 0.25) is 5.02 Å². The number of benzene rings is 2. The Hall–Kier alpha value is -1.74. The van der Waals surface area contributed by atoms with Gasteiger partial charge in [0.05, 0.1) is 6.61 Å². The van der Waals surface area contributed by atoms with Crippen LogP contribution in [0.1, 0.15) is 43.4 Å². The number of rotatable bonds is 5. The molecule has 0 aliphatic rings. The summed E-state index contributed by atoms with van der Waals surface area (Å²) in [6, 6.07) is 8.54. The molecule has 0 fully saturated rings. The molecule has 0 bridgehead atoms. The number of hydrogen-bond acceptors (Lipinski definition) is 2. The van der Waals surface area contributed by atoms with Gasteiger partial charge in [-0.2, -0.15) is 0 Å². The summed E-state index contributed by atoms with van der Waals surface area (Å²) in [5.41, 5.74) is 1.69. The predicted molar refractivity (Wildman–Crippen MR) is 87.6 cm³/mol. The Labute approximate surface area is 135 Å². The second-order valence-electron chi connectivity index (χ2n) is 5.49. The number of halogens is 2. The van der Waals surface area contributed by atoms with E-state index in [0.29, 0.717) is 34.9 Å². The lowest BCUT2D eigenvalue weighted by molar-refractivity contribution is 0.340. The second-order valence-corrected chi connectivity index (χ2v) is 5.90. The molecule has 2 nitrogen and oxygen atoms in total. The largest absolute Gasteiger partial charge is 0.508 e. The molecule has 1 N–H and O–H groups in total. The Kier molecular flexibility index (Phi) is 5.30. The second kappa shape index (κ2) is 7.01. The predicted octanol–water partition coefficient (Wildman–Crippen LogP) is 5.30. The fourth-order valence-corrected chi connectivity index (χ4v) is 2.68. The highest BCUT2D eigenvalue weighted by Crippen LogP contribution is 2.32. The molecule has 0 radical (unpaired) electrons. The average Bonchev–Trinajstić information content (AvgIpc) is 2.44. The summed E-state index contributed by atoms with van der Waals surface area (Å²) in [5.74, 6) is 0.245. The molecule has 0 unspecified atom stereocenters. The van der Waals surface area contributed by atoms with Crippen molar-refractivity contribution in [3.8, 4) is 11.5 Å². The molecular weight excluding hydrogens is 303 g/mol. The van der Waals surface area contributed by atoms with Gasteiger partial charge in [-0.25, -0.2) is 4.39 Å². The normalized spacial score (nSPS) is 11.0. The van der Waals surface area contributed by atoms with Crippen molar-refractivity contribution in [2.75, 3.05) is 6.61 Å². The van der Waals surface area contributed by atoms with Gasteiger partial charge in [-0.15, -0.1) is 0 Å². The van der Waals surface area contributed by atoms with Gasteiger partial charge in [-0.05, 0) is 42.2 Å². The van der Waals surface area contributed by atoms with Crippen LogP contribution in [0.15, 0.2) is 30.3 Å². The van der Waals surface area contributed by atoms with Crippen LogP contribution in [0.4, 0.5) is 4.39 Å². The Bertz CT molecular complexity index is 668. The van der Waals surface area contributed by atoms with Crippen molar-refractivity contribution in [3.05, 3.63) is 57.9 Å². The summed E-state index contributed by atoms with van der Waals surface area (Å²) < 4.78 is 20.0. The van der Waals surface area contributed by atoms with Crippen molar-refractivity contribution in [1.82, 2.24) is 0 Å². The molecule has 4 heteroatoms. The van der Waals surface area contributed by atoms with Crippen LogP contribution < -0.4 is 4.74 Å². The molecule has 0 heterocycles. The van der Waals surface area contributed by atoms with Crippen LogP contribution in [0, 0.1) is 5.82 Å². The van der Waals surface area contributed by atoms with Gasteiger partial charge in [-0.3, -0.25) is 0 Å². The lowest BCUT2D eigenvalue weighted by atomic mass is 9.95. The number of hydrogen-bond donors (Lipinski definition) is 1. The van der Waals surface area contributed by atoms with E-state index in [2.05, 4.69) is 0 Å². The van der Waals surface area contributed by atoms with Gasteiger partial charge in [0.1, 0.15) is 17.3 Å². The minimum atomic E-state index is -0.361. The molecule has 0 saturated heterocycles. The zero-order chi connectivity index (χ0) is 16.3. The van der Waals surface area contributed by atoms with Crippen molar-refractivity contribution >= 4 is 11.6 Å². The van der Waals surface area contributed by atoms with E-state index in [1.54, 1.807) is 12.1 Å². The first-order valence-corrected chi connectivity index (χ1v) is 7.73. The van der Waals surface area contributed by atoms with E-state index in [0.717, 1.165) is 5.56 Å². The van der Waals surface area contributed by atoms with Crippen LogP contribution in [-0.2, 0) is 6.42 Å². The zero-order valence-electron chi connectivity index (χ0n) is 13.0. The van der Waals surface area contributed by atoms with Gasteiger partial charge >= 0.3 is 0 Å². The topological polar surface area (TPSA) is 29.5 Å². The smallest absolute Gasteiger partial charge is 0.133 e. The minimum absolute atomic E-state index is 0.00552. The fourth-order valence-electron chi connectivity index (χ4n) is 2.45. The molecule has 22 heavy (non-hydrogen) atoms. The van der Waals surface area contributed by atoms with E-state index in [4.69, 9.17) is 16.3 Å². The van der Waals surface area contributed by atoms with E-state index in [-0.39, 0.29) is 17.5 Å². The molecule has 0 atom stereocenters. The highest BCUT2D eigenvalue weighted by atomic mass is 35.5. The van der Waals surface area contributed by atoms with Gasteiger partial charge in [0.25, 0.3) is 0 Å². The van der Waals surface area contributed by atoms with Gasteiger partial charge in [-0.1, -0.05) is 37.6 Å². The average molecular weight is 323 g/mol. The lowest BCUT2D eigenvalue weighted by Gasteiger charge is -2.14. The summed E-state index contributed by atoms with van der Waals surface area (Å²) >= 11 is 6.25. The van der Waals surface area contributed by atoms with Crippen LogP contribution in [0.25, 0.3) is 0 Å². The first-order chi connectivity index (χ1) is 10.4. The summed E-state index contributed by atoms with van der Waals surface area (Å²) in [5, 5.41) is 10.4. The molecule has 0 aliphatic carbocycles. The summed E-state index contributed by atoms with van der Waals surface area (Å²) in [7, 11) is 0. The highest BCUT2D eigenvalue weighted by Gasteiger charge is 2.17. The lowest BCUT2D eigenvalue weighted by Crippen LogP contribution is -2.01. The summed E-state index contributed by atoms with van der Waals surface area (Å²) in [6.07, 6.45) is 0.372. The van der Waals surface area contributed by atoms with Crippen molar-refractivity contribution in [3.63, 3.8) is 0 Å². The van der Waals surface area contributed by atoms with Crippen molar-refractivity contribution in [2.24, 2.45) is 0 Å². The van der Waals surface area contributed by atoms with Crippen LogP contribution in [0.3, 0.4) is 0 Å². The molecule has 0 spiro atoms. The third kappa shape index (κ3) is 3.53. The Balaban J connectivity index is 2.33. The third-order valence-electron chi connectivity index (χ3n) is 3.53. The van der Waals surface area contributed by atoms with Gasteiger partial charge in [0.15, 0.2) is 0 Å². The first-order valence-electron chi connectivity index (χ1n) is 7.35. The molecule has 118 valence electrons. The summed E-state index contributed by atoms with van der Waals surface area (Å²) in [6.45, 7) is 6.18. The SMILES string of the molecule is CCOc1ccc(Cc2ccc(O)c(C(C)C)c2F)c(Cl)c1. The van der Waals surface area contributed by atoms with E-state index in [1.165, 1.54) is 6.07 Å². The number of phenols is 1. The van der Waals surface area contributed by atoms with Crippen LogP contribution >= 0.6 is 11.6 Å². The molecule has 0 aliphatic heterocycles. The van der Waals surface area contributed by atoms with Crippen molar-refractivity contribution in [1.29, 1.82) is 0 Å². The standard InChI is InChI=1S/C18H20ClFO2/c1-4-22-14-7-5-12(15(19)10-14)9-13-6-8-16(21)17(11(2)3)18(13)20/h5-8,10-11,21H,4,9H2,1-3H3. The van der Waals surface area contributed by atoms with Crippen LogP contribution in [-0.4, -0.2) is 11.7 Å². The molecule has 0 saturated carbocycles. The van der Waals surface area contributed by atoms with Crippen molar-refractivity contribution < 1.29 is 14.2 Å². The molecule has 2 rings (SSSR count). The number of ether oxygens (including phenoxy) is 1. The van der Waals surface area contributed by atoms with Crippen molar-refractivity contribution in [2.45, 2.75) is 33.1 Å².